The van der Waals surface area contributed by atoms with E-state index in [1.54, 1.807) is 45.9 Å². The molecule has 1 saturated heterocycles. The Labute approximate surface area is 377 Å². The van der Waals surface area contributed by atoms with Crippen LogP contribution in [0.1, 0.15) is 66.9 Å². The number of fused-ring (bicyclic) bond motifs is 2. The lowest BCUT2D eigenvalue weighted by Crippen LogP contribution is -2.50. The minimum absolute atomic E-state index is 0.0212. The Bertz CT molecular complexity index is 2810. The van der Waals surface area contributed by atoms with Gasteiger partial charge in [0.25, 0.3) is 5.91 Å². The second kappa shape index (κ2) is 17.7. The molecule has 6 N–H and O–H groups in total. The molecule has 65 heavy (non-hydrogen) atoms. The molecule has 1 aromatic heterocycles. The van der Waals surface area contributed by atoms with Gasteiger partial charge in [0.15, 0.2) is 22.4 Å². The number of anilines is 2. The highest BCUT2D eigenvalue weighted by atomic mass is 16.7. The van der Waals surface area contributed by atoms with E-state index in [2.05, 4.69) is 22.0 Å². The number of ether oxygens (including phenoxy) is 3. The number of hydrogen-bond acceptors (Lipinski definition) is 15. The molecule has 0 unspecified atom stereocenters. The largest absolute Gasteiger partial charge is 0.507 e. The lowest BCUT2D eigenvalue weighted by molar-refractivity contribution is -0.112. The smallest absolute Gasteiger partial charge is 0.307 e. The maximum atomic E-state index is 14.8. The number of aliphatic hydroxyl groups excluding tert-OH is 4. The summed E-state index contributed by atoms with van der Waals surface area (Å²) in [6.45, 7) is 14.9. The summed E-state index contributed by atoms with van der Waals surface area (Å²) in [5.74, 6) is -6.20. The number of nitrogens with zero attached hydrogens (tertiary/aromatic N) is 3. The highest BCUT2D eigenvalue weighted by Crippen LogP contribution is 2.42. The van der Waals surface area contributed by atoms with Gasteiger partial charge in [0.05, 0.1) is 41.3 Å². The summed E-state index contributed by atoms with van der Waals surface area (Å²) in [4.78, 5) is 52.0. The van der Waals surface area contributed by atoms with E-state index in [0.29, 0.717) is 18.8 Å². The van der Waals surface area contributed by atoms with Crippen LogP contribution < -0.4 is 31.0 Å². The monoisotopic (exact) mass is 898 g/mol. The molecule has 4 heterocycles. The molecular formula is C49H62N4O12. The fraction of sp³-hybridized carbons (Fsp3) is 0.510. The van der Waals surface area contributed by atoms with Crippen LogP contribution in [0, 0.1) is 30.6 Å². The number of aliphatic hydroxyl groups is 4. The number of phenolic OH excluding ortho intramolecular Hbond substituents is 1. The normalized spacial score (nSPS) is 30.9. The molecule has 3 aliphatic heterocycles. The summed E-state index contributed by atoms with van der Waals surface area (Å²) in [5, 5.41) is 60.2. The number of phenols is 1. The molecule has 0 radical (unpaired) electrons. The molecule has 0 spiro atoms. The number of hydrogen-bond donors (Lipinski definition) is 6. The molecule has 3 aromatic carbocycles. The van der Waals surface area contributed by atoms with E-state index in [4.69, 9.17) is 23.6 Å². The van der Waals surface area contributed by atoms with Crippen molar-refractivity contribution in [3.05, 3.63) is 79.5 Å². The zero-order chi connectivity index (χ0) is 47.6. The molecule has 16 heteroatoms. The van der Waals surface area contributed by atoms with Crippen molar-refractivity contribution in [1.82, 2.24) is 9.88 Å². The van der Waals surface area contributed by atoms with Gasteiger partial charge < -0.3 is 59.3 Å². The van der Waals surface area contributed by atoms with E-state index in [1.165, 1.54) is 52.4 Å². The number of aromatic nitrogens is 1. The van der Waals surface area contributed by atoms with Crippen LogP contribution in [0.25, 0.3) is 38.7 Å². The van der Waals surface area contributed by atoms with Crippen LogP contribution in [0.3, 0.4) is 0 Å². The highest BCUT2D eigenvalue weighted by Gasteiger charge is 2.44. The van der Waals surface area contributed by atoms with Gasteiger partial charge in [-0.05, 0) is 53.8 Å². The first kappa shape index (κ1) is 47.4. The predicted octanol–water partition coefficient (Wildman–Crippen LogP) is 4.91. The predicted molar refractivity (Wildman–Crippen MR) is 249 cm³/mol. The third kappa shape index (κ3) is 8.24. The third-order valence-electron chi connectivity index (χ3n) is 14.4. The lowest BCUT2D eigenvalue weighted by atomic mass is 9.78. The Morgan fingerprint density at radius 2 is 1.54 bits per heavy atom. The van der Waals surface area contributed by atoms with E-state index in [-0.39, 0.29) is 66.3 Å². The second-order valence-electron chi connectivity index (χ2n) is 18.8. The molecule has 9 atom stereocenters. The van der Waals surface area contributed by atoms with Gasteiger partial charge in [-0.25, -0.2) is 4.98 Å². The van der Waals surface area contributed by atoms with Crippen LogP contribution in [0.4, 0.5) is 11.4 Å². The Kier molecular flexibility index (Phi) is 12.9. The Morgan fingerprint density at radius 3 is 2.18 bits per heavy atom. The van der Waals surface area contributed by atoms with Crippen molar-refractivity contribution >= 4 is 56.0 Å². The molecule has 0 aliphatic carbocycles. The topological polar surface area (TPSA) is 225 Å². The van der Waals surface area contributed by atoms with E-state index >= 15 is 0 Å². The fourth-order valence-electron chi connectivity index (χ4n) is 9.36. The molecule has 7 rings (SSSR count). The van der Waals surface area contributed by atoms with Gasteiger partial charge in [-0.2, -0.15) is 0 Å². The molecule has 4 aromatic rings. The van der Waals surface area contributed by atoms with Crippen molar-refractivity contribution < 1.29 is 49.0 Å². The van der Waals surface area contributed by atoms with Crippen molar-refractivity contribution in [1.29, 1.82) is 0 Å². The summed E-state index contributed by atoms with van der Waals surface area (Å²) in [7, 11) is 5.55. The number of carbonyl (C=O) groups excluding carboxylic acids is 1. The third-order valence-corrected chi connectivity index (χ3v) is 14.4. The van der Waals surface area contributed by atoms with Crippen molar-refractivity contribution in [2.75, 3.05) is 44.5 Å². The number of rotatable bonds is 3. The van der Waals surface area contributed by atoms with E-state index < -0.39 is 82.1 Å². The summed E-state index contributed by atoms with van der Waals surface area (Å²) >= 11 is 0. The zero-order valence-corrected chi connectivity index (χ0v) is 38.9. The Balaban J connectivity index is 1.47. The van der Waals surface area contributed by atoms with Crippen molar-refractivity contribution in [2.24, 2.45) is 23.7 Å². The Morgan fingerprint density at radius 1 is 0.892 bits per heavy atom. The standard InChI is InChI=1S/C49H62N4O12/c1-23-13-12-14-24(2)47(61)51-38-43(59)34-33(37-45(38)64-32-22-29(21-30(54)36(32)50-37)53-18-16-48(7,17-19-53)52(9)10)35-44(28(6)42(34)58)65-49(8,46(35)60)63-20-15-31(62-11)25(3)40(56)27(5)41(57)26(4)39(23)55/h12-15,20-23,25-27,31,39-41,55-58,60H,16-19H2,1-11H3,(H,51,61)/b13-12+,20-15+,24-14-/t23-,25+,26+,27-,31-,39-,40+,41+,49-/m0/s1. The van der Waals surface area contributed by atoms with Gasteiger partial charge in [0.2, 0.25) is 10.9 Å². The van der Waals surface area contributed by atoms with Crippen LogP contribution in [0.5, 0.6) is 11.5 Å². The molecule has 0 saturated carbocycles. The first-order valence-corrected chi connectivity index (χ1v) is 22.1. The first-order valence-electron chi connectivity index (χ1n) is 22.1. The average molecular weight is 899 g/mol. The van der Waals surface area contributed by atoms with Gasteiger partial charge in [0.1, 0.15) is 22.7 Å². The van der Waals surface area contributed by atoms with Gasteiger partial charge in [-0.1, -0.05) is 45.9 Å². The highest BCUT2D eigenvalue weighted by molar-refractivity contribution is 6.16. The van der Waals surface area contributed by atoms with E-state index in [1.807, 2.05) is 14.1 Å². The van der Waals surface area contributed by atoms with Gasteiger partial charge in [0, 0.05) is 90.7 Å². The van der Waals surface area contributed by atoms with Crippen molar-refractivity contribution in [3.63, 3.8) is 0 Å². The van der Waals surface area contributed by atoms with Crippen molar-refractivity contribution in [3.8, 4) is 11.5 Å². The maximum absolute atomic E-state index is 14.8. The van der Waals surface area contributed by atoms with Gasteiger partial charge in [-0.15, -0.1) is 0 Å². The van der Waals surface area contributed by atoms with Crippen LogP contribution in [0.2, 0.25) is 0 Å². The fourth-order valence-corrected chi connectivity index (χ4v) is 9.36. The van der Waals surface area contributed by atoms with Gasteiger partial charge >= 0.3 is 5.79 Å². The number of amides is 1. The maximum Gasteiger partial charge on any atom is 0.307 e. The number of piperidine rings is 1. The molecule has 3 aliphatic rings. The molecule has 1 fully saturated rings. The first-order chi connectivity index (χ1) is 30.5. The van der Waals surface area contributed by atoms with Crippen LogP contribution in [-0.2, 0) is 14.3 Å². The number of nitrogens with one attached hydrogen (secondary N) is 1. The molecule has 350 valence electrons. The number of methoxy groups -OCH3 is 1. The van der Waals surface area contributed by atoms with Crippen molar-refractivity contribution in [2.45, 2.75) is 104 Å². The van der Waals surface area contributed by atoms with Crippen LogP contribution >= 0.6 is 0 Å². The zero-order valence-electron chi connectivity index (χ0n) is 38.9. The van der Waals surface area contributed by atoms with Crippen LogP contribution in [-0.4, -0.2) is 111 Å². The molecule has 1 amide bonds. The van der Waals surface area contributed by atoms with E-state index in [0.717, 1.165) is 12.8 Å². The minimum atomic E-state index is -1.95. The second-order valence-corrected chi connectivity index (χ2v) is 18.8. The van der Waals surface area contributed by atoms with Gasteiger partial charge in [-0.3, -0.25) is 14.4 Å². The quantitative estimate of drug-likeness (QED) is 0.119. The summed E-state index contributed by atoms with van der Waals surface area (Å²) < 4.78 is 24.6. The minimum Gasteiger partial charge on any atom is -0.507 e. The van der Waals surface area contributed by atoms with Crippen LogP contribution in [0.15, 0.2) is 62.3 Å². The summed E-state index contributed by atoms with van der Waals surface area (Å²) in [6.07, 6.45) is 5.17. The number of benzene rings is 3. The molecule has 4 bridgehead atoms. The lowest BCUT2D eigenvalue weighted by Gasteiger charge is -2.44. The average Bonchev–Trinajstić information content (AvgIpc) is 3.54. The van der Waals surface area contributed by atoms with E-state index in [9.17, 15) is 39.9 Å². The number of aromatic hydroxyl groups is 1. The number of carbonyl (C=O) groups is 1. The SMILES string of the molecule is CO[C@H]1/C=C/O[C@@]2(C)Oc3c(C)c(O)c4c(=O)c(c5oc6cc(N7CCC(C)(N(C)C)CC7)cc(=O)c6nc5c4c3=C2O)NC(=O)/C(C)=C\C=C\[C@H](C)[C@H](O)[C@@H](C)[C@@H](O)[C@@H](C)[C@H](O)[C@@H]1C. The molecular weight excluding hydrogens is 837 g/mol. The summed E-state index contributed by atoms with van der Waals surface area (Å²) in [5.41, 5.74) is -1.29. The number of allylic oxidation sites excluding steroid dienone is 2. The summed E-state index contributed by atoms with van der Waals surface area (Å²) in [6, 6.07) is 3.17. The molecule has 16 nitrogen and oxygen atoms in total. The Hall–Kier alpha value is -5.52.